The molecule has 30 heavy (non-hydrogen) atoms. The molecule has 0 bridgehead atoms. The van der Waals surface area contributed by atoms with E-state index in [1.165, 1.54) is 0 Å². The fourth-order valence-electron chi connectivity index (χ4n) is 3.16. The van der Waals surface area contributed by atoms with Gasteiger partial charge < -0.3 is 15.4 Å². The van der Waals surface area contributed by atoms with Gasteiger partial charge in [-0.2, -0.15) is 19.6 Å². The van der Waals surface area contributed by atoms with Crippen molar-refractivity contribution in [2.45, 2.75) is 31.8 Å². The largest absolute Gasteiger partial charge is 0.493 e. The van der Waals surface area contributed by atoms with Gasteiger partial charge in [0.15, 0.2) is 5.65 Å². The molecule has 5 rings (SSSR count). The van der Waals surface area contributed by atoms with Crippen LogP contribution in [0.1, 0.15) is 37.1 Å². The number of hydrogen-bond acceptors (Lipinski definition) is 7. The van der Waals surface area contributed by atoms with Crippen LogP contribution in [0.5, 0.6) is 5.88 Å². The van der Waals surface area contributed by atoms with Crippen molar-refractivity contribution >= 4 is 17.7 Å². The lowest BCUT2D eigenvalue weighted by molar-refractivity contribution is 0.454. The van der Waals surface area contributed by atoms with Gasteiger partial charge in [0.05, 0.1) is 18.3 Å². The van der Waals surface area contributed by atoms with Crippen LogP contribution in [0.15, 0.2) is 46.3 Å². The molecule has 0 radical (unpaired) electrons. The van der Waals surface area contributed by atoms with Crippen LogP contribution in [0.3, 0.4) is 0 Å². The van der Waals surface area contributed by atoms with Gasteiger partial charge >= 0.3 is 5.69 Å². The van der Waals surface area contributed by atoms with Crippen LogP contribution in [0.25, 0.3) is 11.7 Å². The van der Waals surface area contributed by atoms with Gasteiger partial charge in [0.25, 0.3) is 5.62 Å². The summed E-state index contributed by atoms with van der Waals surface area (Å²) in [5.41, 5.74) is 1.86. The average molecular weight is 404 g/mol. The van der Waals surface area contributed by atoms with Crippen molar-refractivity contribution in [1.29, 1.82) is 0 Å². The quantitative estimate of drug-likeness (QED) is 0.385. The minimum atomic E-state index is -0.492. The van der Waals surface area contributed by atoms with E-state index in [0.717, 1.165) is 18.4 Å². The number of aromatic hydroxyl groups is 1. The molecule has 0 saturated heterocycles. The fraction of sp³-hybridized carbons (Fsp3) is 0.250. The number of nitrogens with one attached hydrogen (secondary N) is 3. The van der Waals surface area contributed by atoms with Crippen molar-refractivity contribution in [2.75, 3.05) is 5.32 Å². The molecular weight excluding hydrogens is 384 g/mol. The van der Waals surface area contributed by atoms with E-state index in [9.17, 15) is 9.90 Å². The zero-order valence-electron chi connectivity index (χ0n) is 16.2. The second-order valence-electron chi connectivity index (χ2n) is 7.31. The lowest BCUT2D eigenvalue weighted by Crippen LogP contribution is -2.25. The van der Waals surface area contributed by atoms with Gasteiger partial charge in [0.1, 0.15) is 5.69 Å². The second-order valence-corrected chi connectivity index (χ2v) is 7.31. The van der Waals surface area contributed by atoms with Gasteiger partial charge in [-0.1, -0.05) is 30.3 Å². The number of H-pyrrole nitrogens is 2. The highest BCUT2D eigenvalue weighted by atomic mass is 16.3. The molecular formula is C20H20N8O2. The van der Waals surface area contributed by atoms with Gasteiger partial charge in [-0.25, -0.2) is 9.79 Å². The molecule has 10 nitrogen and oxygen atoms in total. The van der Waals surface area contributed by atoms with Gasteiger partial charge in [-0.15, -0.1) is 0 Å². The first kappa shape index (κ1) is 18.1. The van der Waals surface area contributed by atoms with Crippen LogP contribution < -0.4 is 21.8 Å². The Hall–Kier alpha value is -3.95. The summed E-state index contributed by atoms with van der Waals surface area (Å²) in [6.45, 7) is 2.03. The molecule has 3 heterocycles. The summed E-state index contributed by atoms with van der Waals surface area (Å²) in [4.78, 5) is 30.1. The number of hydrogen-bond donors (Lipinski definition) is 4. The summed E-state index contributed by atoms with van der Waals surface area (Å²) in [5, 5.41) is 18.2. The Kier molecular flexibility index (Phi) is 4.31. The lowest BCUT2D eigenvalue weighted by Gasteiger charge is -2.14. The van der Waals surface area contributed by atoms with Gasteiger partial charge in [0, 0.05) is 5.22 Å². The van der Waals surface area contributed by atoms with E-state index < -0.39 is 5.69 Å². The summed E-state index contributed by atoms with van der Waals surface area (Å²) < 4.78 is 1.57. The predicted molar refractivity (Wildman–Crippen MR) is 110 cm³/mol. The van der Waals surface area contributed by atoms with Gasteiger partial charge in [0.2, 0.25) is 11.8 Å². The highest BCUT2D eigenvalue weighted by Crippen LogP contribution is 2.22. The van der Waals surface area contributed by atoms with Crippen LogP contribution in [0, 0.1) is 0 Å². The second kappa shape index (κ2) is 7.14. The Balaban J connectivity index is 1.63. The molecule has 152 valence electrons. The number of aromatic amines is 2. The Morgan fingerprint density at radius 1 is 1.27 bits per heavy atom. The van der Waals surface area contributed by atoms with Crippen molar-refractivity contribution < 1.29 is 5.11 Å². The van der Waals surface area contributed by atoms with E-state index in [2.05, 4.69) is 35.3 Å². The van der Waals surface area contributed by atoms with E-state index in [1.807, 2.05) is 37.3 Å². The molecule has 1 atom stereocenters. The Morgan fingerprint density at radius 2 is 2.07 bits per heavy atom. The van der Waals surface area contributed by atoms with E-state index in [0.29, 0.717) is 22.4 Å². The maximum absolute atomic E-state index is 11.4. The number of aromatic nitrogens is 6. The summed E-state index contributed by atoms with van der Waals surface area (Å²) in [7, 11) is 0. The minimum absolute atomic E-state index is 0.0113. The maximum Gasteiger partial charge on any atom is 0.326 e. The van der Waals surface area contributed by atoms with E-state index in [4.69, 9.17) is 0 Å². The highest BCUT2D eigenvalue weighted by Gasteiger charge is 2.21. The molecule has 4 N–H and O–H groups in total. The third-order valence-corrected chi connectivity index (χ3v) is 4.90. The molecule has 0 aliphatic heterocycles. The molecule has 0 amide bonds. The average Bonchev–Trinajstić information content (AvgIpc) is 3.37. The molecule has 1 aromatic carbocycles. The Morgan fingerprint density at radius 3 is 2.77 bits per heavy atom. The number of anilines is 1. The molecule has 4 aromatic rings. The molecule has 1 aliphatic rings. The number of benzene rings is 1. The van der Waals surface area contributed by atoms with Crippen LogP contribution in [0.2, 0.25) is 0 Å². The first-order chi connectivity index (χ1) is 14.6. The van der Waals surface area contributed by atoms with Crippen LogP contribution >= 0.6 is 0 Å². The standard InChI is InChI=1S/C20H20N8O2/c1-11(12-5-3-2-4-6-12)22-18-25-16-13(9-15-17(29)26-20(30)24-15)10-21-28(16)19(27-18)23-14-7-8-14/h2-6,9-11,14,29H,7-8H2,1H3,(H,22,23,27)(H2,24,26,30)/b13-9+/t11-/m0/s1. The zero-order chi connectivity index (χ0) is 20.7. The van der Waals surface area contributed by atoms with Gasteiger partial charge in [-0.05, 0) is 31.4 Å². The highest BCUT2D eigenvalue weighted by molar-refractivity contribution is 5.57. The monoisotopic (exact) mass is 404 g/mol. The third-order valence-electron chi connectivity index (χ3n) is 4.90. The molecule has 1 aliphatic carbocycles. The maximum atomic E-state index is 11.4. The smallest absolute Gasteiger partial charge is 0.326 e. The lowest BCUT2D eigenvalue weighted by atomic mass is 10.1. The van der Waals surface area contributed by atoms with Gasteiger partial charge in [-0.3, -0.25) is 4.98 Å². The van der Waals surface area contributed by atoms with E-state index in [1.54, 1.807) is 16.8 Å². The minimum Gasteiger partial charge on any atom is -0.493 e. The van der Waals surface area contributed by atoms with Crippen LogP contribution in [-0.4, -0.2) is 40.7 Å². The molecule has 10 heteroatoms. The SMILES string of the molecule is C[C@H](Nc1nc(=NC2CC2)n2nc/c(=C\c3[nH]c(=O)[nH]c3O)c2n1)c1ccccc1. The molecule has 3 aromatic heterocycles. The fourth-order valence-corrected chi connectivity index (χ4v) is 3.16. The summed E-state index contributed by atoms with van der Waals surface area (Å²) in [6.07, 6.45) is 5.28. The topological polar surface area (TPSA) is 136 Å². The molecule has 1 fully saturated rings. The first-order valence-electron chi connectivity index (χ1n) is 9.71. The molecule has 1 saturated carbocycles. The third kappa shape index (κ3) is 3.54. The van der Waals surface area contributed by atoms with Crippen molar-refractivity contribution in [3.8, 4) is 5.88 Å². The normalized spacial score (nSPS) is 16.3. The van der Waals surface area contributed by atoms with Crippen molar-refractivity contribution in [3.63, 3.8) is 0 Å². The summed E-state index contributed by atoms with van der Waals surface area (Å²) >= 11 is 0. The van der Waals surface area contributed by atoms with Crippen LogP contribution in [0.4, 0.5) is 5.95 Å². The molecule has 0 unspecified atom stereocenters. The van der Waals surface area contributed by atoms with E-state index in [-0.39, 0.29) is 23.7 Å². The predicted octanol–water partition coefficient (Wildman–Crippen LogP) is 0.630. The van der Waals surface area contributed by atoms with Crippen molar-refractivity contribution in [3.05, 3.63) is 69.1 Å². The van der Waals surface area contributed by atoms with Crippen LogP contribution in [-0.2, 0) is 0 Å². The summed E-state index contributed by atoms with van der Waals surface area (Å²) in [6, 6.07) is 10.3. The van der Waals surface area contributed by atoms with Crippen molar-refractivity contribution in [1.82, 2.24) is 29.5 Å². The number of fused-ring (bicyclic) bond motifs is 1. The molecule has 0 spiro atoms. The Labute approximate surface area is 170 Å². The van der Waals surface area contributed by atoms with Crippen molar-refractivity contribution in [2.24, 2.45) is 4.99 Å². The number of nitrogens with zero attached hydrogens (tertiary/aromatic N) is 5. The summed E-state index contributed by atoms with van der Waals surface area (Å²) in [5.74, 6) is 0.188. The first-order valence-corrected chi connectivity index (χ1v) is 9.71. The Bertz CT molecular complexity index is 1380. The zero-order valence-corrected chi connectivity index (χ0v) is 16.2. The number of imidazole rings is 1. The van der Waals surface area contributed by atoms with E-state index >= 15 is 0 Å². The number of rotatable bonds is 5.